The summed E-state index contributed by atoms with van der Waals surface area (Å²) < 4.78 is 12.9. The van der Waals surface area contributed by atoms with E-state index < -0.39 is 0 Å². The van der Waals surface area contributed by atoms with Crippen LogP contribution in [-0.4, -0.2) is 29.8 Å². The fourth-order valence-corrected chi connectivity index (χ4v) is 2.26. The first-order valence-electron chi connectivity index (χ1n) is 6.17. The quantitative estimate of drug-likeness (QED) is 0.614. The molecular weight excluding hydrogens is 336 g/mol. The maximum Gasteiger partial charge on any atom is 0.189 e. The number of halogens is 1. The number of hydrogen-bond acceptors (Lipinski definition) is 4. The number of rotatable bonds is 5. The lowest BCUT2D eigenvalue weighted by molar-refractivity contribution is 0.104. The molecule has 1 aromatic heterocycles. The number of carbonyl (C=O) groups is 1. The van der Waals surface area contributed by atoms with E-state index in [0.717, 1.165) is 10.0 Å². The normalized spacial score (nSPS) is 10.9. The van der Waals surface area contributed by atoms with Crippen molar-refractivity contribution in [1.29, 1.82) is 0 Å². The highest BCUT2D eigenvalue weighted by Gasteiger charge is 2.09. The highest BCUT2D eigenvalue weighted by molar-refractivity contribution is 9.10. The first-order chi connectivity index (χ1) is 10.0. The summed E-state index contributed by atoms with van der Waals surface area (Å²) in [6, 6.07) is 3.60. The Morgan fingerprint density at radius 1 is 1.29 bits per heavy atom. The fraction of sp³-hybridized carbons (Fsp3) is 0.200. The van der Waals surface area contributed by atoms with E-state index >= 15 is 0 Å². The second kappa shape index (κ2) is 6.58. The lowest BCUT2D eigenvalue weighted by atomic mass is 10.1. The van der Waals surface area contributed by atoms with Crippen molar-refractivity contribution in [2.45, 2.75) is 0 Å². The van der Waals surface area contributed by atoms with Crippen molar-refractivity contribution in [3.05, 3.63) is 46.2 Å². The minimum atomic E-state index is -0.107. The van der Waals surface area contributed by atoms with Crippen LogP contribution in [-0.2, 0) is 7.05 Å². The maximum atomic E-state index is 12.0. The number of aryl methyl sites for hydroxylation is 1. The second-order valence-corrected chi connectivity index (χ2v) is 5.18. The van der Waals surface area contributed by atoms with Crippen LogP contribution in [0, 0.1) is 0 Å². The zero-order valence-corrected chi connectivity index (χ0v) is 13.5. The number of allylic oxidation sites excluding steroid dienone is 1. The Morgan fingerprint density at radius 3 is 2.52 bits per heavy atom. The second-order valence-electron chi connectivity index (χ2n) is 4.33. The monoisotopic (exact) mass is 350 g/mol. The van der Waals surface area contributed by atoms with Crippen LogP contribution >= 0.6 is 15.9 Å². The summed E-state index contributed by atoms with van der Waals surface area (Å²) in [5.74, 6) is 1.12. The Hall–Kier alpha value is -2.08. The topological polar surface area (TPSA) is 53.3 Å². The highest BCUT2D eigenvalue weighted by Crippen LogP contribution is 2.33. The van der Waals surface area contributed by atoms with Gasteiger partial charge < -0.3 is 9.47 Å². The summed E-state index contributed by atoms with van der Waals surface area (Å²) in [7, 11) is 4.91. The van der Waals surface area contributed by atoms with Gasteiger partial charge in [-0.05, 0) is 29.8 Å². The molecule has 0 saturated heterocycles. The molecule has 0 amide bonds. The van der Waals surface area contributed by atoms with Crippen LogP contribution < -0.4 is 9.47 Å². The molecule has 0 spiro atoms. The molecule has 0 N–H and O–H groups in total. The minimum absolute atomic E-state index is 0.107. The number of methoxy groups -OCH3 is 2. The predicted octanol–water partition coefficient (Wildman–Crippen LogP) is 3.10. The molecule has 110 valence electrons. The van der Waals surface area contributed by atoms with Gasteiger partial charge in [-0.3, -0.25) is 9.48 Å². The molecule has 0 aliphatic heterocycles. The molecule has 0 aliphatic carbocycles. The summed E-state index contributed by atoms with van der Waals surface area (Å²) in [6.45, 7) is 0. The number of aromatic nitrogens is 2. The Labute approximate surface area is 131 Å². The number of hydrogen-bond donors (Lipinski definition) is 0. The Morgan fingerprint density at radius 2 is 1.95 bits per heavy atom. The summed E-state index contributed by atoms with van der Waals surface area (Å²) >= 11 is 3.45. The molecule has 5 nitrogen and oxygen atoms in total. The third-order valence-corrected chi connectivity index (χ3v) is 3.59. The predicted molar refractivity (Wildman–Crippen MR) is 83.8 cm³/mol. The van der Waals surface area contributed by atoms with E-state index in [9.17, 15) is 4.79 Å². The van der Waals surface area contributed by atoms with Crippen molar-refractivity contribution in [1.82, 2.24) is 9.78 Å². The molecule has 0 bridgehead atoms. The highest BCUT2D eigenvalue weighted by atomic mass is 79.9. The summed E-state index contributed by atoms with van der Waals surface area (Å²) in [6.07, 6.45) is 6.44. The van der Waals surface area contributed by atoms with Gasteiger partial charge in [0.1, 0.15) is 0 Å². The number of benzene rings is 1. The third kappa shape index (κ3) is 3.52. The Balaban J connectivity index is 2.26. The van der Waals surface area contributed by atoms with Crippen LogP contribution in [0.4, 0.5) is 0 Å². The van der Waals surface area contributed by atoms with Gasteiger partial charge in [0, 0.05) is 17.7 Å². The summed E-state index contributed by atoms with van der Waals surface area (Å²) in [5.41, 5.74) is 1.37. The molecule has 21 heavy (non-hydrogen) atoms. The van der Waals surface area contributed by atoms with E-state index in [0.29, 0.717) is 17.1 Å². The molecule has 6 heteroatoms. The maximum absolute atomic E-state index is 12.0. The van der Waals surface area contributed by atoms with Gasteiger partial charge in [0.25, 0.3) is 0 Å². The van der Waals surface area contributed by atoms with Gasteiger partial charge in [-0.25, -0.2) is 0 Å². The third-order valence-electron chi connectivity index (χ3n) is 2.91. The molecule has 1 aromatic carbocycles. The van der Waals surface area contributed by atoms with Gasteiger partial charge in [0.05, 0.1) is 26.0 Å². The van der Waals surface area contributed by atoms with E-state index in [4.69, 9.17) is 9.47 Å². The van der Waals surface area contributed by atoms with Crippen molar-refractivity contribution in [2.75, 3.05) is 14.2 Å². The molecular formula is C15H15BrN2O3. The van der Waals surface area contributed by atoms with Gasteiger partial charge in [0.15, 0.2) is 17.3 Å². The zero-order chi connectivity index (χ0) is 15.4. The fourth-order valence-electron chi connectivity index (χ4n) is 1.81. The number of ketones is 1. The number of nitrogens with zero attached hydrogens (tertiary/aromatic N) is 2. The lowest BCUT2D eigenvalue weighted by Crippen LogP contribution is -1.94. The van der Waals surface area contributed by atoms with Crippen LogP contribution in [0.3, 0.4) is 0 Å². The number of carbonyl (C=O) groups excluding carboxylic acids is 1. The van der Waals surface area contributed by atoms with E-state index in [1.165, 1.54) is 12.3 Å². The Bertz CT molecular complexity index is 692. The average molecular weight is 351 g/mol. The average Bonchev–Trinajstić information content (AvgIpc) is 2.91. The van der Waals surface area contributed by atoms with Crippen molar-refractivity contribution >= 4 is 27.8 Å². The molecule has 1 heterocycles. The van der Waals surface area contributed by atoms with Crippen LogP contribution in [0.1, 0.15) is 15.9 Å². The van der Waals surface area contributed by atoms with Gasteiger partial charge in [-0.15, -0.1) is 0 Å². The molecule has 0 unspecified atom stereocenters. The first kappa shape index (κ1) is 15.3. The molecule has 0 atom stereocenters. The first-order valence-corrected chi connectivity index (χ1v) is 6.97. The van der Waals surface area contributed by atoms with E-state index in [1.807, 2.05) is 0 Å². The van der Waals surface area contributed by atoms with Crippen molar-refractivity contribution in [2.24, 2.45) is 7.05 Å². The van der Waals surface area contributed by atoms with Crippen LogP contribution in [0.25, 0.3) is 6.08 Å². The van der Waals surface area contributed by atoms with E-state index in [-0.39, 0.29) is 5.78 Å². The van der Waals surface area contributed by atoms with Crippen LogP contribution in [0.15, 0.2) is 35.1 Å². The molecule has 2 aromatic rings. The SMILES string of the molecule is COc1cc(Br)c(/C=C/C(=O)c2cnn(C)c2)cc1OC. The van der Waals surface area contributed by atoms with Crippen molar-refractivity contribution < 1.29 is 14.3 Å². The molecule has 0 aliphatic rings. The minimum Gasteiger partial charge on any atom is -0.493 e. The van der Waals surface area contributed by atoms with Crippen molar-refractivity contribution in [3.8, 4) is 11.5 Å². The van der Waals surface area contributed by atoms with Gasteiger partial charge >= 0.3 is 0 Å². The van der Waals surface area contributed by atoms with Gasteiger partial charge in [-0.2, -0.15) is 5.10 Å². The van der Waals surface area contributed by atoms with E-state index in [2.05, 4.69) is 21.0 Å². The molecule has 0 radical (unpaired) electrons. The molecule has 0 saturated carbocycles. The molecule has 0 fully saturated rings. The Kier molecular flexibility index (Phi) is 4.80. The van der Waals surface area contributed by atoms with Crippen LogP contribution in [0.2, 0.25) is 0 Å². The largest absolute Gasteiger partial charge is 0.493 e. The standard InChI is InChI=1S/C15H15BrN2O3/c1-18-9-11(8-17-18)13(19)5-4-10-6-14(20-2)15(21-3)7-12(10)16/h4-9H,1-3H3/b5-4+. The van der Waals surface area contributed by atoms with Gasteiger partial charge in [-0.1, -0.05) is 15.9 Å². The van der Waals surface area contributed by atoms with Gasteiger partial charge in [0.2, 0.25) is 0 Å². The zero-order valence-electron chi connectivity index (χ0n) is 12.0. The summed E-state index contributed by atoms with van der Waals surface area (Å²) in [5, 5.41) is 3.98. The van der Waals surface area contributed by atoms with Crippen LogP contribution in [0.5, 0.6) is 11.5 Å². The number of ether oxygens (including phenoxy) is 2. The van der Waals surface area contributed by atoms with E-state index in [1.54, 1.807) is 50.4 Å². The smallest absolute Gasteiger partial charge is 0.189 e. The summed E-state index contributed by atoms with van der Waals surface area (Å²) in [4.78, 5) is 12.0. The van der Waals surface area contributed by atoms with Crippen molar-refractivity contribution in [3.63, 3.8) is 0 Å². The molecule has 2 rings (SSSR count). The lowest BCUT2D eigenvalue weighted by Gasteiger charge is -2.09.